The highest BCUT2D eigenvalue weighted by molar-refractivity contribution is 6.00. The molecule has 206 valence electrons. The molecule has 2 amide bonds. The number of benzene rings is 1. The van der Waals surface area contributed by atoms with Gasteiger partial charge >= 0.3 is 6.09 Å². The number of anilines is 4. The molecule has 2 fully saturated rings. The summed E-state index contributed by atoms with van der Waals surface area (Å²) < 4.78 is 17.3. The molecule has 0 aliphatic carbocycles. The van der Waals surface area contributed by atoms with Gasteiger partial charge in [0.15, 0.2) is 17.0 Å². The molecule has 1 spiro atoms. The van der Waals surface area contributed by atoms with Gasteiger partial charge in [0.05, 0.1) is 17.5 Å². The molecule has 2 aromatic heterocycles. The summed E-state index contributed by atoms with van der Waals surface area (Å²) in [6, 6.07) is 7.30. The molecule has 1 aromatic carbocycles. The molecule has 0 saturated carbocycles. The quantitative estimate of drug-likeness (QED) is 0.475. The van der Waals surface area contributed by atoms with Crippen molar-refractivity contribution in [3.63, 3.8) is 0 Å². The van der Waals surface area contributed by atoms with Gasteiger partial charge in [-0.05, 0) is 72.1 Å². The van der Waals surface area contributed by atoms with Gasteiger partial charge < -0.3 is 34.3 Å². The maximum Gasteiger partial charge on any atom is 0.410 e. The first-order chi connectivity index (χ1) is 18.4. The Morgan fingerprint density at radius 1 is 1.10 bits per heavy atom. The highest BCUT2D eigenvalue weighted by Crippen LogP contribution is 2.42. The third kappa shape index (κ3) is 4.59. The standard InChI is InChI=1S/C28H34N6O5/c1-26(2,3)39-25(36)34-14-11-28(34)9-12-33(13-10-28)22-21-18(8-15-37-21)31-24(32-22)29-17-6-7-20-19(16-17)30-23(35)27(4,5)38-20/h6-8,15-16H,9-14H2,1-5H3,(H,30,35)(H,29,31,32). The first-order valence-electron chi connectivity index (χ1n) is 13.3. The smallest absolute Gasteiger partial charge is 0.410 e. The Morgan fingerprint density at radius 2 is 1.85 bits per heavy atom. The zero-order chi connectivity index (χ0) is 27.6. The van der Waals surface area contributed by atoms with Gasteiger partial charge in [-0.25, -0.2) is 9.78 Å². The van der Waals surface area contributed by atoms with E-state index in [0.29, 0.717) is 40.0 Å². The molecule has 2 saturated heterocycles. The minimum absolute atomic E-state index is 0.167. The fourth-order valence-electron chi connectivity index (χ4n) is 5.43. The highest BCUT2D eigenvalue weighted by Gasteiger charge is 2.50. The first-order valence-corrected chi connectivity index (χ1v) is 13.3. The van der Waals surface area contributed by atoms with Crippen molar-refractivity contribution in [2.24, 2.45) is 0 Å². The van der Waals surface area contributed by atoms with Gasteiger partial charge in [-0.3, -0.25) is 4.79 Å². The normalized spacial score (nSPS) is 19.7. The molecule has 3 aliphatic rings. The van der Waals surface area contributed by atoms with Gasteiger partial charge in [0.1, 0.15) is 16.9 Å². The average molecular weight is 535 g/mol. The third-order valence-corrected chi connectivity index (χ3v) is 7.66. The summed E-state index contributed by atoms with van der Waals surface area (Å²) in [6.45, 7) is 11.3. The zero-order valence-electron chi connectivity index (χ0n) is 23.0. The van der Waals surface area contributed by atoms with Crippen LogP contribution in [0.5, 0.6) is 5.75 Å². The molecule has 0 unspecified atom stereocenters. The largest absolute Gasteiger partial charge is 0.476 e. The van der Waals surface area contributed by atoms with Gasteiger partial charge in [0, 0.05) is 31.4 Å². The Balaban J connectivity index is 1.20. The number of carbonyl (C=O) groups is 2. The highest BCUT2D eigenvalue weighted by atomic mass is 16.6. The van der Waals surface area contributed by atoms with Gasteiger partial charge in [0.25, 0.3) is 5.91 Å². The number of amides is 2. The number of ether oxygens (including phenoxy) is 2. The van der Waals surface area contributed by atoms with Crippen LogP contribution in [0.4, 0.5) is 27.9 Å². The third-order valence-electron chi connectivity index (χ3n) is 7.66. The second-order valence-corrected chi connectivity index (χ2v) is 12.0. The van der Waals surface area contributed by atoms with E-state index in [1.165, 1.54) is 0 Å². The van der Waals surface area contributed by atoms with E-state index in [0.717, 1.165) is 38.9 Å². The van der Waals surface area contributed by atoms with Crippen LogP contribution in [0.2, 0.25) is 0 Å². The second-order valence-electron chi connectivity index (χ2n) is 12.0. The molecule has 0 radical (unpaired) electrons. The number of rotatable bonds is 3. The van der Waals surface area contributed by atoms with Crippen LogP contribution in [-0.4, -0.2) is 63.2 Å². The fourth-order valence-corrected chi connectivity index (χ4v) is 5.43. The minimum Gasteiger partial charge on any atom is -0.476 e. The van der Waals surface area contributed by atoms with Crippen LogP contribution in [0.15, 0.2) is 34.9 Å². The van der Waals surface area contributed by atoms with Crippen molar-refractivity contribution in [1.29, 1.82) is 0 Å². The van der Waals surface area contributed by atoms with E-state index in [2.05, 4.69) is 20.5 Å². The molecule has 6 rings (SSSR count). The lowest BCUT2D eigenvalue weighted by atomic mass is 9.76. The maximum atomic E-state index is 12.8. The summed E-state index contributed by atoms with van der Waals surface area (Å²) in [4.78, 5) is 38.7. The summed E-state index contributed by atoms with van der Waals surface area (Å²) in [6.07, 6.45) is 3.99. The molecule has 0 atom stereocenters. The number of likely N-dealkylation sites (tertiary alicyclic amines) is 1. The molecule has 39 heavy (non-hydrogen) atoms. The van der Waals surface area contributed by atoms with Gasteiger partial charge in [-0.1, -0.05) is 0 Å². The van der Waals surface area contributed by atoms with E-state index in [1.807, 2.05) is 43.9 Å². The number of hydrogen-bond donors (Lipinski definition) is 2. The summed E-state index contributed by atoms with van der Waals surface area (Å²) in [5.41, 5.74) is 1.01. The number of carbonyl (C=O) groups excluding carboxylic acids is 2. The van der Waals surface area contributed by atoms with E-state index in [-0.39, 0.29) is 17.5 Å². The number of furan rings is 1. The van der Waals surface area contributed by atoms with Crippen LogP contribution < -0.4 is 20.3 Å². The summed E-state index contributed by atoms with van der Waals surface area (Å²) in [5, 5.41) is 6.17. The van der Waals surface area contributed by atoms with Gasteiger partial charge in [-0.2, -0.15) is 4.98 Å². The Bertz CT molecular complexity index is 1450. The van der Waals surface area contributed by atoms with Crippen LogP contribution in [-0.2, 0) is 9.53 Å². The van der Waals surface area contributed by atoms with Crippen molar-refractivity contribution < 1.29 is 23.5 Å². The molecule has 0 bridgehead atoms. The molecule has 3 aliphatic heterocycles. The van der Waals surface area contributed by atoms with Gasteiger partial charge in [0.2, 0.25) is 5.95 Å². The lowest BCUT2D eigenvalue weighted by Crippen LogP contribution is -2.66. The van der Waals surface area contributed by atoms with Crippen LogP contribution in [0.3, 0.4) is 0 Å². The predicted octanol–water partition coefficient (Wildman–Crippen LogP) is 5.06. The Kier molecular flexibility index (Phi) is 5.67. The summed E-state index contributed by atoms with van der Waals surface area (Å²) in [5.74, 6) is 1.53. The number of fused-ring (bicyclic) bond motifs is 2. The lowest BCUT2D eigenvalue weighted by Gasteiger charge is -2.56. The van der Waals surface area contributed by atoms with Crippen molar-refractivity contribution in [2.45, 2.75) is 70.6 Å². The number of hydrogen-bond acceptors (Lipinski definition) is 9. The van der Waals surface area contributed by atoms with E-state index < -0.39 is 11.2 Å². The van der Waals surface area contributed by atoms with Crippen LogP contribution >= 0.6 is 0 Å². The first kappa shape index (κ1) is 25.3. The van der Waals surface area contributed by atoms with E-state index >= 15 is 0 Å². The Morgan fingerprint density at radius 3 is 2.54 bits per heavy atom. The van der Waals surface area contributed by atoms with Crippen molar-refractivity contribution in [3.8, 4) is 5.75 Å². The Labute approximate surface area is 226 Å². The van der Waals surface area contributed by atoms with Crippen LogP contribution in [0.25, 0.3) is 11.1 Å². The molecular weight excluding hydrogens is 500 g/mol. The molecular formula is C28H34N6O5. The van der Waals surface area contributed by atoms with Crippen LogP contribution in [0, 0.1) is 0 Å². The van der Waals surface area contributed by atoms with Gasteiger partial charge in [-0.15, -0.1) is 0 Å². The second kappa shape index (κ2) is 8.75. The molecule has 3 aromatic rings. The van der Waals surface area contributed by atoms with E-state index in [1.54, 1.807) is 26.2 Å². The molecule has 2 N–H and O–H groups in total. The van der Waals surface area contributed by atoms with Crippen molar-refractivity contribution in [3.05, 3.63) is 30.5 Å². The maximum absolute atomic E-state index is 12.8. The average Bonchev–Trinajstić information content (AvgIpc) is 3.31. The Hall–Kier alpha value is -4.02. The SMILES string of the molecule is CC(C)(C)OC(=O)N1CCC12CCN(c1nc(Nc3ccc4c(c3)NC(=O)C(C)(C)O4)nc3ccoc13)CC2. The topological polar surface area (TPSA) is 122 Å². The van der Waals surface area contributed by atoms with Crippen molar-refractivity contribution in [1.82, 2.24) is 14.9 Å². The summed E-state index contributed by atoms with van der Waals surface area (Å²) in [7, 11) is 0. The van der Waals surface area contributed by atoms with E-state index in [4.69, 9.17) is 18.9 Å². The number of nitrogens with one attached hydrogen (secondary N) is 2. The summed E-state index contributed by atoms with van der Waals surface area (Å²) >= 11 is 0. The molecule has 11 heteroatoms. The molecule has 5 heterocycles. The number of aromatic nitrogens is 2. The molecule has 11 nitrogen and oxygen atoms in total. The fraction of sp³-hybridized carbons (Fsp3) is 0.500. The van der Waals surface area contributed by atoms with Crippen molar-refractivity contribution >= 4 is 46.2 Å². The van der Waals surface area contributed by atoms with Crippen LogP contribution in [0.1, 0.15) is 53.9 Å². The lowest BCUT2D eigenvalue weighted by molar-refractivity contribution is -0.129. The van der Waals surface area contributed by atoms with E-state index in [9.17, 15) is 9.59 Å². The zero-order valence-corrected chi connectivity index (χ0v) is 23.0. The predicted molar refractivity (Wildman–Crippen MR) is 147 cm³/mol. The monoisotopic (exact) mass is 534 g/mol. The number of nitrogens with zero attached hydrogens (tertiary/aromatic N) is 4. The number of piperidine rings is 1. The minimum atomic E-state index is -0.928. The van der Waals surface area contributed by atoms with Crippen molar-refractivity contribution in [2.75, 3.05) is 35.2 Å².